The molecule has 110 valence electrons. The lowest BCUT2D eigenvalue weighted by Gasteiger charge is -2.29. The molecule has 0 saturated heterocycles. The van der Waals surface area contributed by atoms with Crippen molar-refractivity contribution >= 4 is 15.9 Å². The van der Waals surface area contributed by atoms with E-state index in [4.69, 9.17) is 9.47 Å². The van der Waals surface area contributed by atoms with Gasteiger partial charge in [-0.2, -0.15) is 0 Å². The van der Waals surface area contributed by atoms with Crippen LogP contribution in [-0.2, 0) is 0 Å². The highest BCUT2D eigenvalue weighted by atomic mass is 79.9. The molecule has 21 heavy (non-hydrogen) atoms. The van der Waals surface area contributed by atoms with Crippen LogP contribution in [0.25, 0.3) is 0 Å². The minimum Gasteiger partial charge on any atom is -0.486 e. The second-order valence-corrected chi connectivity index (χ2v) is 5.59. The van der Waals surface area contributed by atoms with Gasteiger partial charge in [-0.25, -0.2) is 13.2 Å². The maximum atomic E-state index is 13.8. The number of hydrogen-bond acceptors (Lipinski definition) is 2. The lowest BCUT2D eigenvalue weighted by atomic mass is 10.1. The first-order valence-corrected chi connectivity index (χ1v) is 7.15. The van der Waals surface area contributed by atoms with Crippen molar-refractivity contribution in [3.8, 4) is 11.5 Å². The van der Waals surface area contributed by atoms with Gasteiger partial charge >= 0.3 is 0 Å². The van der Waals surface area contributed by atoms with Gasteiger partial charge in [-0.15, -0.1) is 0 Å². The molecular formula is C15H10BrF3O2. The molecule has 0 amide bonds. The smallest absolute Gasteiger partial charge is 0.161 e. The van der Waals surface area contributed by atoms with Crippen LogP contribution in [0.1, 0.15) is 10.4 Å². The average molecular weight is 359 g/mol. The Morgan fingerprint density at radius 1 is 1.00 bits per heavy atom. The van der Waals surface area contributed by atoms with E-state index >= 15 is 0 Å². The van der Waals surface area contributed by atoms with Gasteiger partial charge in [0.1, 0.15) is 18.5 Å². The fourth-order valence-electron chi connectivity index (χ4n) is 2.13. The minimum atomic E-state index is -1.22. The molecular weight excluding hydrogens is 349 g/mol. The van der Waals surface area contributed by atoms with Crippen LogP contribution in [0.4, 0.5) is 13.2 Å². The van der Waals surface area contributed by atoms with E-state index in [-0.39, 0.29) is 12.2 Å². The first-order valence-electron chi connectivity index (χ1n) is 6.23. The zero-order chi connectivity index (χ0) is 15.0. The molecule has 2 aromatic carbocycles. The van der Waals surface area contributed by atoms with Gasteiger partial charge in [0.2, 0.25) is 0 Å². The van der Waals surface area contributed by atoms with Gasteiger partial charge in [-0.1, -0.05) is 28.1 Å². The Morgan fingerprint density at radius 2 is 1.67 bits per heavy atom. The summed E-state index contributed by atoms with van der Waals surface area (Å²) in [6.07, 6.45) is -0.556. The van der Waals surface area contributed by atoms with Crippen molar-refractivity contribution in [3.63, 3.8) is 0 Å². The number of hydrogen-bond donors (Lipinski definition) is 0. The molecule has 0 N–H and O–H groups in total. The summed E-state index contributed by atoms with van der Waals surface area (Å²) in [4.78, 5) is -0.666. The van der Waals surface area contributed by atoms with Gasteiger partial charge < -0.3 is 9.47 Å². The van der Waals surface area contributed by atoms with E-state index in [1.807, 2.05) is 6.07 Å². The number of fused-ring (bicyclic) bond motifs is 1. The van der Waals surface area contributed by atoms with Gasteiger partial charge in [0.05, 0.1) is 4.83 Å². The molecule has 2 nitrogen and oxygen atoms in total. The average Bonchev–Trinajstić information content (AvgIpc) is 2.50. The van der Waals surface area contributed by atoms with E-state index in [2.05, 4.69) is 15.9 Å². The van der Waals surface area contributed by atoms with Crippen molar-refractivity contribution in [1.82, 2.24) is 0 Å². The SMILES string of the molecule is Fc1cc(F)c(C(Br)C2COc3ccccc3O2)cc1F. The minimum absolute atomic E-state index is 0.0121. The highest BCUT2D eigenvalue weighted by molar-refractivity contribution is 9.09. The van der Waals surface area contributed by atoms with Crippen LogP contribution in [0.3, 0.4) is 0 Å². The maximum absolute atomic E-state index is 13.8. The van der Waals surface area contributed by atoms with Gasteiger partial charge in [0.15, 0.2) is 23.1 Å². The van der Waals surface area contributed by atoms with Crippen LogP contribution in [0.2, 0.25) is 0 Å². The third kappa shape index (κ3) is 2.72. The molecule has 2 aromatic rings. The summed E-state index contributed by atoms with van der Waals surface area (Å²) in [5.74, 6) is -2.03. The van der Waals surface area contributed by atoms with Crippen molar-refractivity contribution < 1.29 is 22.6 Å². The Bertz CT molecular complexity index is 678. The van der Waals surface area contributed by atoms with E-state index in [1.54, 1.807) is 18.2 Å². The molecule has 0 radical (unpaired) electrons. The molecule has 3 rings (SSSR count). The van der Waals surface area contributed by atoms with Crippen molar-refractivity contribution in [2.45, 2.75) is 10.9 Å². The van der Waals surface area contributed by atoms with Crippen molar-refractivity contribution in [1.29, 1.82) is 0 Å². The fourth-order valence-corrected chi connectivity index (χ4v) is 2.74. The van der Waals surface area contributed by atoms with E-state index in [0.29, 0.717) is 17.6 Å². The van der Waals surface area contributed by atoms with Gasteiger partial charge in [0, 0.05) is 11.6 Å². The molecule has 0 bridgehead atoms. The van der Waals surface area contributed by atoms with Gasteiger partial charge in [0.25, 0.3) is 0 Å². The monoisotopic (exact) mass is 358 g/mol. The van der Waals surface area contributed by atoms with E-state index in [1.165, 1.54) is 0 Å². The largest absolute Gasteiger partial charge is 0.486 e. The normalized spacial score (nSPS) is 18.4. The Balaban J connectivity index is 1.87. The molecule has 6 heteroatoms. The predicted octanol–water partition coefficient (Wildman–Crippen LogP) is 4.38. The van der Waals surface area contributed by atoms with Crippen molar-refractivity contribution in [3.05, 3.63) is 59.4 Å². The zero-order valence-electron chi connectivity index (χ0n) is 10.7. The standard InChI is InChI=1S/C15H10BrF3O2/c16-15(8-5-10(18)11(19)6-9(8)17)14-7-20-12-3-1-2-4-13(12)21-14/h1-6,14-15H,7H2. The molecule has 0 aliphatic carbocycles. The molecule has 1 aliphatic heterocycles. The number of halogens is 4. The lowest BCUT2D eigenvalue weighted by molar-refractivity contribution is 0.0897. The summed E-state index contributed by atoms with van der Waals surface area (Å²) in [5.41, 5.74) is -0.0121. The number of rotatable bonds is 2. The molecule has 0 aromatic heterocycles. The summed E-state index contributed by atoms with van der Waals surface area (Å²) in [6.45, 7) is 0.172. The number of alkyl halides is 1. The van der Waals surface area contributed by atoms with Crippen LogP contribution in [0, 0.1) is 17.5 Å². The van der Waals surface area contributed by atoms with E-state index in [9.17, 15) is 13.2 Å². The number of benzene rings is 2. The zero-order valence-corrected chi connectivity index (χ0v) is 12.2. The molecule has 2 unspecified atom stereocenters. The molecule has 1 aliphatic rings. The second kappa shape index (κ2) is 5.60. The third-order valence-corrected chi connectivity index (χ3v) is 4.28. The summed E-state index contributed by atoms with van der Waals surface area (Å²) in [7, 11) is 0. The summed E-state index contributed by atoms with van der Waals surface area (Å²) in [6, 6.07) is 8.43. The molecule has 0 fully saturated rings. The first kappa shape index (κ1) is 14.3. The number of para-hydroxylation sites is 2. The lowest BCUT2D eigenvalue weighted by Crippen LogP contribution is -2.33. The highest BCUT2D eigenvalue weighted by Gasteiger charge is 2.30. The maximum Gasteiger partial charge on any atom is 0.161 e. The van der Waals surface area contributed by atoms with Crippen LogP contribution in [0.5, 0.6) is 11.5 Å². The Morgan fingerprint density at radius 3 is 2.43 bits per heavy atom. The molecule has 1 heterocycles. The summed E-state index contributed by atoms with van der Waals surface area (Å²) < 4.78 is 51.3. The summed E-state index contributed by atoms with van der Waals surface area (Å²) in [5, 5.41) is 0. The third-order valence-electron chi connectivity index (χ3n) is 3.19. The van der Waals surface area contributed by atoms with Crippen LogP contribution >= 0.6 is 15.9 Å². The Kier molecular flexibility index (Phi) is 3.80. The van der Waals surface area contributed by atoms with Gasteiger partial charge in [-0.3, -0.25) is 0 Å². The summed E-state index contributed by atoms with van der Waals surface area (Å²) >= 11 is 3.27. The molecule has 0 spiro atoms. The molecule has 2 atom stereocenters. The van der Waals surface area contributed by atoms with E-state index in [0.717, 1.165) is 6.07 Å². The van der Waals surface area contributed by atoms with Crippen molar-refractivity contribution in [2.24, 2.45) is 0 Å². The van der Waals surface area contributed by atoms with Crippen LogP contribution < -0.4 is 9.47 Å². The van der Waals surface area contributed by atoms with Crippen LogP contribution in [-0.4, -0.2) is 12.7 Å². The predicted molar refractivity (Wildman–Crippen MR) is 74.3 cm³/mol. The first-order chi connectivity index (χ1) is 10.1. The highest BCUT2D eigenvalue weighted by Crippen LogP contribution is 2.38. The van der Waals surface area contributed by atoms with Crippen molar-refractivity contribution in [2.75, 3.05) is 6.61 Å². The second-order valence-electron chi connectivity index (χ2n) is 4.60. The Hall–Kier alpha value is -1.69. The van der Waals surface area contributed by atoms with Gasteiger partial charge in [-0.05, 0) is 18.2 Å². The molecule has 0 saturated carbocycles. The quantitative estimate of drug-likeness (QED) is 0.585. The van der Waals surface area contributed by atoms with Crippen LogP contribution in [0.15, 0.2) is 36.4 Å². The van der Waals surface area contributed by atoms with E-state index < -0.39 is 28.4 Å². The number of ether oxygens (including phenoxy) is 2. The topological polar surface area (TPSA) is 18.5 Å². The Labute approximate surface area is 127 Å². The fraction of sp³-hybridized carbons (Fsp3) is 0.200.